The predicted octanol–water partition coefficient (Wildman–Crippen LogP) is 11.7. The molecule has 10 heterocycles. The number of amides is 8. The van der Waals surface area contributed by atoms with Crippen LogP contribution in [0, 0.1) is 5.82 Å². The molecule has 5 saturated heterocycles. The van der Waals surface area contributed by atoms with Crippen LogP contribution in [-0.4, -0.2) is 304 Å². The van der Waals surface area contributed by atoms with Gasteiger partial charge in [0.25, 0.3) is 17.7 Å². The van der Waals surface area contributed by atoms with E-state index in [1.165, 1.54) is 20.3 Å². The van der Waals surface area contributed by atoms with Crippen LogP contribution in [0.2, 0.25) is 0 Å². The molecule has 39 heteroatoms. The average Bonchev–Trinajstić information content (AvgIpc) is 0.822. The Morgan fingerprint density at radius 2 is 0.642 bits per heavy atom. The molecule has 0 radical (unpaired) electrons. The highest BCUT2D eigenvalue weighted by Gasteiger charge is 2.33. The molecule has 678 valence electrons. The molecule has 35 nitrogen and oxygen atoms in total. The van der Waals surface area contributed by atoms with Gasteiger partial charge < -0.3 is 98.5 Å². The lowest BCUT2D eigenvalue weighted by molar-refractivity contribution is 0.0220. The first-order valence-electron chi connectivity index (χ1n) is 40.3. The molecule has 123 heavy (non-hydrogen) atoms. The zero-order valence-corrected chi connectivity index (χ0v) is 79.4. The summed E-state index contributed by atoms with van der Waals surface area (Å²) in [5.74, 6) is -2.22. The quantitative estimate of drug-likeness (QED) is 0.0542. The number of pyridine rings is 5. The highest BCUT2D eigenvalue weighted by atomic mass is 79.9. The summed E-state index contributed by atoms with van der Waals surface area (Å²) in [6, 6.07) is 16.7. The number of carbonyl (C=O) groups excluding carboxylic acids is 10. The van der Waals surface area contributed by atoms with Crippen molar-refractivity contribution in [3.8, 4) is 0 Å². The van der Waals surface area contributed by atoms with E-state index in [-0.39, 0.29) is 69.8 Å². The third kappa shape index (κ3) is 34.4. The minimum atomic E-state index is -0.587. The van der Waals surface area contributed by atoms with Crippen molar-refractivity contribution in [3.63, 3.8) is 0 Å². The smallest absolute Gasteiger partial charge is 0.410 e. The summed E-state index contributed by atoms with van der Waals surface area (Å²) >= 11 is 9.67. The van der Waals surface area contributed by atoms with Crippen molar-refractivity contribution >= 4 is 137 Å². The number of piperazine rings is 5. The number of rotatable bonds is 11. The minimum absolute atomic E-state index is 0.00500. The molecule has 5 fully saturated rings. The van der Waals surface area contributed by atoms with E-state index >= 15 is 0 Å². The van der Waals surface area contributed by atoms with E-state index < -0.39 is 40.2 Å². The number of esters is 2. The first kappa shape index (κ1) is 103. The lowest BCUT2D eigenvalue weighted by Gasteiger charge is -2.37. The molecule has 5 aliphatic heterocycles. The number of aryl methyl sites for hydroxylation is 1. The van der Waals surface area contributed by atoms with Crippen LogP contribution in [0.4, 0.5) is 51.1 Å². The molecule has 0 spiro atoms. The van der Waals surface area contributed by atoms with Crippen molar-refractivity contribution in [2.45, 2.75) is 145 Å². The van der Waals surface area contributed by atoms with E-state index in [0.717, 1.165) is 67.1 Å². The SMILES string of the molecule is C=Cc1nc(C(=O)NC)ccc1N1CCN(C(=O)OC(C)(C)C)CC1.CC(C)(C)OC(=O)N1CCNCC1.CCc1nc(C(=O)NC)ccc1N1CCN(C(=O)OC(C)(C)C)CC1.CNC(=O)c1ccc(N2CCN(C(=O)OC(C)(C)C)CC2)c(Br)n1.COC(=O)c1ccc(F)c(Br)n1.COC(=O)c1ccc(N2CCN(C(=O)OC(C)(C)C)CC2)c(Br)n1. The van der Waals surface area contributed by atoms with Crippen molar-refractivity contribution < 1.29 is 85.5 Å². The van der Waals surface area contributed by atoms with Gasteiger partial charge in [-0.1, -0.05) is 13.5 Å². The summed E-state index contributed by atoms with van der Waals surface area (Å²) in [4.78, 5) is 156. The second kappa shape index (κ2) is 47.5. The lowest BCUT2D eigenvalue weighted by Crippen LogP contribution is -2.50. The van der Waals surface area contributed by atoms with Crippen molar-refractivity contribution in [2.75, 3.05) is 186 Å². The number of methoxy groups -OCH3 is 2. The largest absolute Gasteiger partial charge is 0.464 e. The normalized spacial score (nSPS) is 14.9. The zero-order chi connectivity index (χ0) is 92.1. The molecule has 5 aromatic rings. The van der Waals surface area contributed by atoms with E-state index in [2.05, 4.69) is 130 Å². The Morgan fingerprint density at radius 1 is 0.382 bits per heavy atom. The number of ether oxygens (including phenoxy) is 7. The van der Waals surface area contributed by atoms with Crippen molar-refractivity contribution in [1.82, 2.24) is 70.7 Å². The maximum absolute atomic E-state index is 12.6. The van der Waals surface area contributed by atoms with Crippen molar-refractivity contribution in [1.29, 1.82) is 0 Å². The summed E-state index contributed by atoms with van der Waals surface area (Å²) in [7, 11) is 7.30. The molecule has 0 bridgehead atoms. The molecular weight excluding hydrogens is 1790 g/mol. The molecule has 5 aromatic heterocycles. The number of halogens is 4. The highest BCUT2D eigenvalue weighted by Crippen LogP contribution is 2.30. The maximum Gasteiger partial charge on any atom is 0.410 e. The predicted molar refractivity (Wildman–Crippen MR) is 477 cm³/mol. The van der Waals surface area contributed by atoms with Gasteiger partial charge in [0, 0.05) is 152 Å². The topological polar surface area (TPSA) is 377 Å². The van der Waals surface area contributed by atoms with Gasteiger partial charge in [-0.25, -0.2) is 62.9 Å². The maximum atomic E-state index is 12.6. The standard InChI is InChI=1S/C18H28N4O3.C18H26N4O3.C16H23BrN4O3.C16H22BrN3O4.C9H18N2O2.C7H5BrFNO2/c2*1-6-13-15(8-7-14(20-13)16(23)19-5)21-9-11-22(12-10-21)17(24)25-18(2,3)4;1-16(2,3)24-15(23)21-9-7-20(8-10-21)12-6-5-11(14(22)18-4)19-13(12)17;1-16(2,3)24-15(22)20-9-7-19(8-10-20)12-6-5-11(14(21)23-4)18-13(12)17;1-9(2,3)13-8(12)11-6-4-10-5-7-11;1-12-7(11)5-3-2-4(9)6(8)10-5/h7-8H,6,9-12H2,1-5H3,(H,19,23);6-8H,1,9-12H2,2-5H3,(H,19,23);5-6H,7-10H2,1-4H3,(H,18,22);5-6H,7-10H2,1-4H3;10H,4-7H2,1-3H3;2-3H,1H3. The average molecular weight is 1910 g/mol. The van der Waals surface area contributed by atoms with Gasteiger partial charge in [0.1, 0.15) is 70.3 Å². The van der Waals surface area contributed by atoms with E-state index in [1.54, 1.807) is 76.0 Å². The van der Waals surface area contributed by atoms with Crippen molar-refractivity contribution in [2.24, 2.45) is 0 Å². The number of carbonyl (C=O) groups is 10. The molecule has 0 aliphatic carbocycles. The van der Waals surface area contributed by atoms with E-state index in [9.17, 15) is 52.3 Å². The number of nitrogens with one attached hydrogen (secondary N) is 4. The van der Waals surface area contributed by atoms with Gasteiger partial charge in [-0.2, -0.15) is 0 Å². The van der Waals surface area contributed by atoms with E-state index in [4.69, 9.17) is 23.7 Å². The number of hydrogen-bond acceptors (Lipinski definition) is 27. The number of aromatic nitrogens is 5. The Labute approximate surface area is 746 Å². The fraction of sp³-hybridized carbons (Fsp3) is 0.560. The molecular formula is C84H122Br3FN18O17. The molecule has 0 aromatic carbocycles. The summed E-state index contributed by atoms with van der Waals surface area (Å²) in [6.07, 6.45) is 1.05. The number of hydrogen-bond donors (Lipinski definition) is 4. The number of nitrogens with zero attached hydrogens (tertiary/aromatic N) is 14. The highest BCUT2D eigenvalue weighted by molar-refractivity contribution is 9.11. The molecule has 10 rings (SSSR count). The van der Waals surface area contributed by atoms with Gasteiger partial charge in [-0.15, -0.1) is 0 Å². The van der Waals surface area contributed by atoms with Crippen LogP contribution in [0.25, 0.3) is 6.08 Å². The van der Waals surface area contributed by atoms with Crippen LogP contribution in [0.5, 0.6) is 0 Å². The van der Waals surface area contributed by atoms with Crippen molar-refractivity contribution in [3.05, 3.63) is 127 Å². The summed E-state index contributed by atoms with van der Waals surface area (Å²) < 4.78 is 49.7. The lowest BCUT2D eigenvalue weighted by atomic mass is 10.1. The summed E-state index contributed by atoms with van der Waals surface area (Å²) in [5.41, 5.74) is 4.40. The van der Waals surface area contributed by atoms with Gasteiger partial charge in [0.05, 0.1) is 48.4 Å². The van der Waals surface area contributed by atoms with Crippen LogP contribution in [0.1, 0.15) is 175 Å². The molecule has 4 N–H and O–H groups in total. The Bertz CT molecular complexity index is 4310. The molecule has 0 saturated carbocycles. The van der Waals surface area contributed by atoms with Gasteiger partial charge in [-0.3, -0.25) is 14.4 Å². The van der Waals surface area contributed by atoms with Gasteiger partial charge in [0.15, 0.2) is 5.82 Å². The second-order valence-corrected chi connectivity index (χ2v) is 35.3. The third-order valence-electron chi connectivity index (χ3n) is 17.9. The van der Waals surface area contributed by atoms with Crippen LogP contribution < -0.4 is 40.9 Å². The van der Waals surface area contributed by atoms with E-state index in [0.29, 0.717) is 137 Å². The number of anilines is 4. The fourth-order valence-electron chi connectivity index (χ4n) is 11.9. The second-order valence-electron chi connectivity index (χ2n) is 33.1. The Balaban J connectivity index is 0.000000267. The third-order valence-corrected chi connectivity index (χ3v) is 19.6. The first-order valence-corrected chi connectivity index (χ1v) is 42.7. The molecule has 8 amide bonds. The first-order chi connectivity index (χ1) is 57.5. The van der Waals surface area contributed by atoms with Crippen LogP contribution in [0.3, 0.4) is 0 Å². The minimum Gasteiger partial charge on any atom is -0.464 e. The summed E-state index contributed by atoms with van der Waals surface area (Å²) in [6.45, 7) is 47.1. The molecule has 5 aliphatic rings. The van der Waals surface area contributed by atoms with Gasteiger partial charge in [0.2, 0.25) is 0 Å². The van der Waals surface area contributed by atoms with Crippen LogP contribution in [0.15, 0.2) is 81.1 Å². The van der Waals surface area contributed by atoms with Crippen LogP contribution >= 0.6 is 47.8 Å². The monoisotopic (exact) mass is 1910 g/mol. The zero-order valence-electron chi connectivity index (χ0n) is 74.6. The van der Waals surface area contributed by atoms with Crippen LogP contribution in [-0.2, 0) is 39.6 Å². The van der Waals surface area contributed by atoms with Gasteiger partial charge >= 0.3 is 42.4 Å². The Hall–Kier alpha value is -10.3. The Morgan fingerprint density at radius 3 is 0.935 bits per heavy atom. The fourth-order valence-corrected chi connectivity index (χ4v) is 13.3. The summed E-state index contributed by atoms with van der Waals surface area (Å²) in [5, 5.41) is 10.9. The van der Waals surface area contributed by atoms with E-state index in [1.807, 2.05) is 135 Å². The molecule has 0 atom stereocenters. The Kier molecular flexibility index (Phi) is 39.9. The van der Waals surface area contributed by atoms with Gasteiger partial charge in [-0.05, 0) is 225 Å². The molecule has 0 unspecified atom stereocenters.